The number of benzene rings is 1. The van der Waals surface area contributed by atoms with Gasteiger partial charge in [0.2, 0.25) is 0 Å². The van der Waals surface area contributed by atoms with Crippen LogP contribution >= 0.6 is 22.9 Å². The van der Waals surface area contributed by atoms with E-state index in [4.69, 9.17) is 16.3 Å². The molecule has 118 valence electrons. The summed E-state index contributed by atoms with van der Waals surface area (Å²) in [6.45, 7) is 3.29. The summed E-state index contributed by atoms with van der Waals surface area (Å²) >= 11 is 7.63. The molecule has 0 bridgehead atoms. The van der Waals surface area contributed by atoms with Crippen LogP contribution in [0.1, 0.15) is 15.4 Å². The topological polar surface area (TPSA) is 58.5 Å². The summed E-state index contributed by atoms with van der Waals surface area (Å²) in [4.78, 5) is 9.72. The largest absolute Gasteiger partial charge is 0.496 e. The monoisotopic (exact) mass is 338 g/mol. The Bertz CT molecular complexity index is 657. The van der Waals surface area contributed by atoms with Crippen LogP contribution in [-0.4, -0.2) is 25.1 Å². The van der Waals surface area contributed by atoms with Gasteiger partial charge in [0.05, 0.1) is 13.7 Å². The molecule has 5 nitrogen and oxygen atoms in total. The molecular formula is C15H19ClN4OS. The highest BCUT2D eigenvalue weighted by Gasteiger charge is 2.06. The first-order valence-electron chi connectivity index (χ1n) is 6.80. The summed E-state index contributed by atoms with van der Waals surface area (Å²) < 4.78 is 5.33. The van der Waals surface area contributed by atoms with Gasteiger partial charge >= 0.3 is 0 Å². The molecule has 0 atom stereocenters. The second kappa shape index (κ2) is 8.00. The van der Waals surface area contributed by atoms with Gasteiger partial charge in [0, 0.05) is 35.3 Å². The zero-order valence-corrected chi connectivity index (χ0v) is 14.4. The maximum atomic E-state index is 5.96. The highest BCUT2D eigenvalue weighted by Crippen LogP contribution is 2.22. The van der Waals surface area contributed by atoms with E-state index in [1.165, 1.54) is 4.88 Å². The summed E-state index contributed by atoms with van der Waals surface area (Å²) in [6, 6.07) is 5.58. The number of guanidine groups is 1. The SMILES string of the molecule is CN=C(NCc1ncc(C)s1)NCc1ccc(Cl)cc1OC. The van der Waals surface area contributed by atoms with E-state index < -0.39 is 0 Å². The van der Waals surface area contributed by atoms with Gasteiger partial charge < -0.3 is 15.4 Å². The standard InChI is InChI=1S/C15H19ClN4OS/c1-10-7-18-14(22-10)9-20-15(17-2)19-8-11-4-5-12(16)6-13(11)21-3/h4-7H,8-9H2,1-3H3,(H2,17,19,20). The molecule has 2 aromatic rings. The van der Waals surface area contributed by atoms with E-state index in [-0.39, 0.29) is 0 Å². The number of aryl methyl sites for hydroxylation is 1. The molecule has 1 aromatic heterocycles. The van der Waals surface area contributed by atoms with Crippen molar-refractivity contribution in [2.24, 2.45) is 4.99 Å². The first-order valence-corrected chi connectivity index (χ1v) is 8.00. The van der Waals surface area contributed by atoms with Crippen molar-refractivity contribution in [3.05, 3.63) is 44.9 Å². The summed E-state index contributed by atoms with van der Waals surface area (Å²) in [5, 5.41) is 8.17. The van der Waals surface area contributed by atoms with Crippen molar-refractivity contribution in [3.8, 4) is 5.75 Å². The molecule has 22 heavy (non-hydrogen) atoms. The summed E-state index contributed by atoms with van der Waals surface area (Å²) in [5.41, 5.74) is 1.01. The Morgan fingerprint density at radius 3 is 2.77 bits per heavy atom. The summed E-state index contributed by atoms with van der Waals surface area (Å²) in [6.07, 6.45) is 1.87. The van der Waals surface area contributed by atoms with Gasteiger partial charge in [-0.1, -0.05) is 17.7 Å². The maximum absolute atomic E-state index is 5.96. The van der Waals surface area contributed by atoms with Crippen LogP contribution in [0.3, 0.4) is 0 Å². The lowest BCUT2D eigenvalue weighted by Gasteiger charge is -2.13. The van der Waals surface area contributed by atoms with Gasteiger partial charge in [0.25, 0.3) is 0 Å². The molecule has 0 fully saturated rings. The van der Waals surface area contributed by atoms with Gasteiger partial charge in [0.1, 0.15) is 10.8 Å². The van der Waals surface area contributed by atoms with Gasteiger partial charge in [-0.3, -0.25) is 4.99 Å². The Morgan fingerprint density at radius 2 is 2.14 bits per heavy atom. The third-order valence-corrected chi connectivity index (χ3v) is 4.14. The predicted octanol–water partition coefficient (Wildman–Crippen LogP) is 2.98. The number of nitrogens with zero attached hydrogens (tertiary/aromatic N) is 2. The van der Waals surface area contributed by atoms with E-state index in [1.54, 1.807) is 31.6 Å². The van der Waals surface area contributed by atoms with Crippen molar-refractivity contribution in [3.63, 3.8) is 0 Å². The van der Waals surface area contributed by atoms with Gasteiger partial charge in [0.15, 0.2) is 5.96 Å². The van der Waals surface area contributed by atoms with E-state index in [1.807, 2.05) is 25.3 Å². The molecule has 1 aromatic carbocycles. The third-order valence-electron chi connectivity index (χ3n) is 3.00. The molecule has 0 aliphatic rings. The number of aromatic nitrogens is 1. The fraction of sp³-hybridized carbons (Fsp3) is 0.333. The quantitative estimate of drug-likeness (QED) is 0.650. The van der Waals surface area contributed by atoms with Crippen LogP contribution in [0.15, 0.2) is 29.4 Å². The number of rotatable bonds is 5. The second-order valence-corrected chi connectivity index (χ2v) is 6.36. The Kier molecular flexibility index (Phi) is 6.03. The Hall–Kier alpha value is -1.79. The molecule has 0 saturated heterocycles. The van der Waals surface area contributed by atoms with Crippen LogP contribution in [-0.2, 0) is 13.1 Å². The molecule has 0 saturated carbocycles. The van der Waals surface area contributed by atoms with Crippen LogP contribution in [0.5, 0.6) is 5.75 Å². The first kappa shape index (κ1) is 16.6. The van der Waals surface area contributed by atoms with Crippen molar-refractivity contribution in [1.82, 2.24) is 15.6 Å². The molecule has 1 heterocycles. The van der Waals surface area contributed by atoms with Crippen LogP contribution in [0, 0.1) is 6.92 Å². The third kappa shape index (κ3) is 4.61. The van der Waals surface area contributed by atoms with E-state index >= 15 is 0 Å². The maximum Gasteiger partial charge on any atom is 0.191 e. The highest BCUT2D eigenvalue weighted by atomic mass is 35.5. The first-order chi connectivity index (χ1) is 10.6. The number of ether oxygens (including phenoxy) is 1. The lowest BCUT2D eigenvalue weighted by Crippen LogP contribution is -2.36. The Morgan fingerprint density at radius 1 is 1.36 bits per heavy atom. The molecule has 0 aliphatic heterocycles. The smallest absolute Gasteiger partial charge is 0.191 e. The van der Waals surface area contributed by atoms with Crippen molar-refractivity contribution >= 4 is 28.9 Å². The fourth-order valence-corrected chi connectivity index (χ4v) is 2.80. The lowest BCUT2D eigenvalue weighted by molar-refractivity contribution is 0.409. The second-order valence-electron chi connectivity index (χ2n) is 4.60. The van der Waals surface area contributed by atoms with Crippen LogP contribution in [0.25, 0.3) is 0 Å². The molecule has 7 heteroatoms. The minimum atomic E-state index is 0.594. The van der Waals surface area contributed by atoms with Crippen LogP contribution in [0.4, 0.5) is 0 Å². The Balaban J connectivity index is 1.91. The number of hydrogen-bond donors (Lipinski definition) is 2. The van der Waals surface area contributed by atoms with Crippen LogP contribution < -0.4 is 15.4 Å². The Labute approximate surface area is 139 Å². The summed E-state index contributed by atoms with van der Waals surface area (Å²) in [5.74, 6) is 1.47. The van der Waals surface area contributed by atoms with Crippen molar-refractivity contribution < 1.29 is 4.74 Å². The highest BCUT2D eigenvalue weighted by molar-refractivity contribution is 7.11. The lowest BCUT2D eigenvalue weighted by atomic mass is 10.2. The van der Waals surface area contributed by atoms with E-state index in [9.17, 15) is 0 Å². The zero-order chi connectivity index (χ0) is 15.9. The van der Waals surface area contributed by atoms with Gasteiger partial charge in [-0.15, -0.1) is 11.3 Å². The minimum Gasteiger partial charge on any atom is -0.496 e. The van der Waals surface area contributed by atoms with E-state index in [2.05, 4.69) is 20.6 Å². The average molecular weight is 339 g/mol. The van der Waals surface area contributed by atoms with Gasteiger partial charge in [-0.2, -0.15) is 0 Å². The van der Waals surface area contributed by atoms with Crippen molar-refractivity contribution in [2.45, 2.75) is 20.0 Å². The molecule has 0 aliphatic carbocycles. The van der Waals surface area contributed by atoms with E-state index in [0.29, 0.717) is 24.1 Å². The number of nitrogens with one attached hydrogen (secondary N) is 2. The predicted molar refractivity (Wildman–Crippen MR) is 91.9 cm³/mol. The van der Waals surface area contributed by atoms with Crippen molar-refractivity contribution in [2.75, 3.05) is 14.2 Å². The molecule has 2 N–H and O–H groups in total. The van der Waals surface area contributed by atoms with Crippen LogP contribution in [0.2, 0.25) is 5.02 Å². The van der Waals surface area contributed by atoms with Crippen molar-refractivity contribution in [1.29, 1.82) is 0 Å². The number of thiazole rings is 1. The van der Waals surface area contributed by atoms with Gasteiger partial charge in [-0.25, -0.2) is 4.98 Å². The zero-order valence-electron chi connectivity index (χ0n) is 12.8. The number of methoxy groups -OCH3 is 1. The molecule has 0 radical (unpaired) electrons. The normalized spacial score (nSPS) is 11.4. The fourth-order valence-electron chi connectivity index (χ4n) is 1.91. The molecule has 0 unspecified atom stereocenters. The number of aliphatic imine (C=N–C) groups is 1. The molecular weight excluding hydrogens is 320 g/mol. The molecule has 2 rings (SSSR count). The molecule has 0 amide bonds. The van der Waals surface area contributed by atoms with Gasteiger partial charge in [-0.05, 0) is 19.1 Å². The minimum absolute atomic E-state index is 0.594. The average Bonchev–Trinajstić information content (AvgIpc) is 2.94. The number of hydrogen-bond acceptors (Lipinski definition) is 4. The van der Waals surface area contributed by atoms with E-state index in [0.717, 1.165) is 16.3 Å². The molecule has 0 spiro atoms. The number of halogens is 1. The summed E-state index contributed by atoms with van der Waals surface area (Å²) in [7, 11) is 3.37.